The first-order chi connectivity index (χ1) is 19.8. The van der Waals surface area contributed by atoms with E-state index in [0.717, 1.165) is 41.4 Å². The molecule has 2 aliphatic rings. The topological polar surface area (TPSA) is 191 Å². The van der Waals surface area contributed by atoms with Crippen molar-refractivity contribution in [2.75, 3.05) is 40.8 Å². The van der Waals surface area contributed by atoms with Crippen molar-refractivity contribution in [1.82, 2.24) is 26.4 Å². The number of fused-ring (bicyclic) bond motifs is 3. The van der Waals surface area contributed by atoms with Gasteiger partial charge in [-0.25, -0.2) is 11.4 Å². The summed E-state index contributed by atoms with van der Waals surface area (Å²) in [6.45, 7) is 1.06. The first-order valence-corrected chi connectivity index (χ1v) is 13.6. The van der Waals surface area contributed by atoms with E-state index in [4.69, 9.17) is 11.6 Å². The number of nitrogens with one attached hydrogen (secondary N) is 4. The van der Waals surface area contributed by atoms with Crippen molar-refractivity contribution in [3.05, 3.63) is 58.7 Å². The fourth-order valence-corrected chi connectivity index (χ4v) is 5.58. The molecule has 12 nitrogen and oxygen atoms in total. The number of hydrogen-bond acceptors (Lipinski definition) is 9. The van der Waals surface area contributed by atoms with Gasteiger partial charge in [-0.1, -0.05) is 18.2 Å². The van der Waals surface area contributed by atoms with Crippen molar-refractivity contribution < 1.29 is 14.4 Å². The number of hydrazine groups is 1. The minimum absolute atomic E-state index is 0.0832. The van der Waals surface area contributed by atoms with E-state index in [9.17, 15) is 19.6 Å². The molecule has 0 bridgehead atoms. The number of carbonyl (C=O) groups excluding carboxylic acids is 3. The third-order valence-corrected chi connectivity index (χ3v) is 7.45. The Morgan fingerprint density at radius 3 is 2.46 bits per heavy atom. The third kappa shape index (κ3) is 6.38. The molecule has 0 saturated carbocycles. The van der Waals surface area contributed by atoms with Crippen LogP contribution in [0.15, 0.2) is 41.5 Å². The van der Waals surface area contributed by atoms with Gasteiger partial charge in [0.1, 0.15) is 18.2 Å². The molecular weight excluding hydrogens is 522 g/mol. The number of carbonyl (C=O) groups is 3. The number of hydrogen-bond donors (Lipinski definition) is 6. The molecule has 0 radical (unpaired) electrons. The van der Waals surface area contributed by atoms with Gasteiger partial charge in [-0.2, -0.15) is 10.4 Å². The lowest BCUT2D eigenvalue weighted by Crippen LogP contribution is -2.48. The largest absolute Gasteiger partial charge is 0.385 e. The molecule has 4 rings (SSSR count). The predicted molar refractivity (Wildman–Crippen MR) is 158 cm³/mol. The van der Waals surface area contributed by atoms with E-state index < -0.39 is 11.5 Å². The maximum absolute atomic E-state index is 12.8. The zero-order valence-corrected chi connectivity index (χ0v) is 23.8. The molecule has 12 heteroatoms. The maximum atomic E-state index is 12.8. The van der Waals surface area contributed by atoms with Crippen molar-refractivity contribution in [2.24, 2.45) is 16.7 Å². The van der Waals surface area contributed by atoms with E-state index >= 15 is 0 Å². The second-order valence-electron chi connectivity index (χ2n) is 9.95. The van der Waals surface area contributed by atoms with Gasteiger partial charge >= 0.3 is 0 Å². The Morgan fingerprint density at radius 1 is 1.15 bits per heavy atom. The fourth-order valence-electron chi connectivity index (χ4n) is 5.58. The average Bonchev–Trinajstić information content (AvgIpc) is 3.28. The Morgan fingerprint density at radius 2 is 1.83 bits per heavy atom. The number of amidine groups is 1. The lowest BCUT2D eigenvalue weighted by atomic mass is 9.74. The van der Waals surface area contributed by atoms with Crippen molar-refractivity contribution in [2.45, 2.75) is 37.1 Å². The number of benzene rings is 2. The summed E-state index contributed by atoms with van der Waals surface area (Å²) in [5, 5.41) is 22.1. The molecule has 2 atom stereocenters. The fraction of sp³-hybridized carbons (Fsp3) is 0.414. The maximum Gasteiger partial charge on any atom is 0.251 e. The summed E-state index contributed by atoms with van der Waals surface area (Å²) in [6.07, 6.45) is 3.71. The molecule has 218 valence electrons. The first kappa shape index (κ1) is 31.2. The molecule has 1 fully saturated rings. The summed E-state index contributed by atoms with van der Waals surface area (Å²) in [7, 11) is 5.31. The minimum atomic E-state index is -0.934. The van der Waals surface area contributed by atoms with E-state index in [-0.39, 0.29) is 24.2 Å². The summed E-state index contributed by atoms with van der Waals surface area (Å²) in [5.41, 5.74) is 12.0. The summed E-state index contributed by atoms with van der Waals surface area (Å²) in [5.74, 6) is 5.37. The number of aldehydes is 1. The molecule has 1 aliphatic heterocycles. The Kier molecular flexibility index (Phi) is 10.9. The highest BCUT2D eigenvalue weighted by Gasteiger charge is 2.46. The normalized spacial score (nSPS) is 19.1. The van der Waals surface area contributed by atoms with E-state index in [0.29, 0.717) is 37.1 Å². The average molecular weight is 562 g/mol. The van der Waals surface area contributed by atoms with Crippen LogP contribution in [0.2, 0.25) is 0 Å². The smallest absolute Gasteiger partial charge is 0.251 e. The van der Waals surface area contributed by atoms with E-state index in [1.54, 1.807) is 36.2 Å². The van der Waals surface area contributed by atoms with Crippen molar-refractivity contribution >= 4 is 23.9 Å². The van der Waals surface area contributed by atoms with Gasteiger partial charge in [-0.3, -0.25) is 14.4 Å². The van der Waals surface area contributed by atoms with Crippen LogP contribution in [0, 0.1) is 11.3 Å². The van der Waals surface area contributed by atoms with Gasteiger partial charge in [0.25, 0.3) is 5.91 Å². The Labute approximate surface area is 240 Å². The van der Waals surface area contributed by atoms with Gasteiger partial charge in [-0.15, -0.1) is 0 Å². The van der Waals surface area contributed by atoms with Crippen molar-refractivity contribution in [3.8, 4) is 17.2 Å². The van der Waals surface area contributed by atoms with Gasteiger partial charge in [0.2, 0.25) is 5.91 Å². The van der Waals surface area contributed by atoms with Crippen LogP contribution in [0.1, 0.15) is 57.5 Å². The van der Waals surface area contributed by atoms with Gasteiger partial charge in [0.05, 0.1) is 18.0 Å². The van der Waals surface area contributed by atoms with E-state index in [2.05, 4.69) is 32.7 Å². The highest BCUT2D eigenvalue weighted by atomic mass is 16.2. The van der Waals surface area contributed by atoms with Crippen LogP contribution in [0.5, 0.6) is 0 Å². The second kappa shape index (κ2) is 14.4. The lowest BCUT2D eigenvalue weighted by Gasteiger charge is -2.33. The van der Waals surface area contributed by atoms with Crippen LogP contribution in [0.3, 0.4) is 0 Å². The Bertz CT molecular complexity index is 1340. The Hall–Kier alpha value is -4.31. The first-order valence-electron chi connectivity index (χ1n) is 13.6. The molecular formula is C29H39N9O3. The highest BCUT2D eigenvalue weighted by molar-refractivity contribution is 6.05. The van der Waals surface area contributed by atoms with Gasteiger partial charge < -0.3 is 26.6 Å². The predicted octanol–water partition coefficient (Wildman–Crippen LogP) is 0.581. The number of hydrazone groups is 1. The monoisotopic (exact) mass is 561 g/mol. The number of rotatable bonds is 9. The molecule has 8 N–H and O–H groups in total. The molecule has 1 unspecified atom stereocenters. The standard InChI is InChI=1S/C27H32N8O3.C2H7N/c1-31-25(38)18-6-8-23-21(13-18)20-12-17(16-36)5-7-22(20)27(23,26(29)33-34-30)9-10-32-15-24(37)35-11-3-2-4-19(35)14-28;1-3-2/h5-8,12-13,16,19,32,34H,2-4,9-11,15,30H2,1H3,(H2,29,33)(H,31,38);3H,1-2H3/t19-,27?;/m0./s1. The number of amides is 2. The highest BCUT2D eigenvalue weighted by Crippen LogP contribution is 2.51. The second-order valence-corrected chi connectivity index (χ2v) is 9.95. The molecule has 2 aromatic carbocycles. The molecule has 1 aliphatic carbocycles. The molecule has 0 aromatic heterocycles. The van der Waals surface area contributed by atoms with Crippen LogP contribution in [-0.4, -0.2) is 75.7 Å². The summed E-state index contributed by atoms with van der Waals surface area (Å²) < 4.78 is 0. The molecule has 1 saturated heterocycles. The minimum Gasteiger partial charge on any atom is -0.385 e. The van der Waals surface area contributed by atoms with E-state index in [1.807, 2.05) is 26.2 Å². The van der Waals surface area contributed by atoms with Crippen molar-refractivity contribution in [3.63, 3.8) is 0 Å². The van der Waals surface area contributed by atoms with E-state index in [1.165, 1.54) is 0 Å². The third-order valence-electron chi connectivity index (χ3n) is 7.45. The lowest BCUT2D eigenvalue weighted by molar-refractivity contribution is -0.132. The van der Waals surface area contributed by atoms with Gasteiger partial charge in [-0.05, 0) is 86.8 Å². The molecule has 1 heterocycles. The quantitative estimate of drug-likeness (QED) is 0.0635. The van der Waals surface area contributed by atoms with Crippen LogP contribution in [0.4, 0.5) is 0 Å². The molecule has 0 spiro atoms. The van der Waals surface area contributed by atoms with Crippen LogP contribution in [0.25, 0.3) is 11.1 Å². The zero-order chi connectivity index (χ0) is 30.0. The van der Waals surface area contributed by atoms with Gasteiger partial charge in [0.15, 0.2) is 0 Å². The Balaban J connectivity index is 0.00000147. The number of nitriles is 1. The summed E-state index contributed by atoms with van der Waals surface area (Å²) in [4.78, 5) is 38.5. The van der Waals surface area contributed by atoms with Crippen molar-refractivity contribution in [1.29, 1.82) is 5.26 Å². The molecule has 41 heavy (non-hydrogen) atoms. The van der Waals surface area contributed by atoms with Gasteiger partial charge in [0, 0.05) is 24.7 Å². The number of nitrogens with zero attached hydrogens (tertiary/aromatic N) is 3. The van der Waals surface area contributed by atoms with Crippen LogP contribution < -0.4 is 33.1 Å². The molecule has 2 aromatic rings. The summed E-state index contributed by atoms with van der Waals surface area (Å²) in [6, 6.07) is 12.5. The zero-order valence-electron chi connectivity index (χ0n) is 23.8. The number of piperidine rings is 1. The number of nitrogens with two attached hydrogens (primary N) is 2. The SMILES string of the molecule is CNC.CNC(=O)c1ccc2c(c1)-c1cc(C=O)ccc1C2(CCNCC(=O)N1CCCC[C@H]1C#N)/C(N)=N/NN. The number of likely N-dealkylation sites (tertiary alicyclic amines) is 1. The van der Waals surface area contributed by atoms with Crippen LogP contribution in [-0.2, 0) is 10.2 Å². The molecule has 2 amide bonds. The summed E-state index contributed by atoms with van der Waals surface area (Å²) >= 11 is 0. The van der Waals surface area contributed by atoms with Crippen LogP contribution >= 0.6 is 0 Å².